The monoisotopic (exact) mass is 236 g/mol. The Morgan fingerprint density at radius 2 is 2.13 bits per heavy atom. The van der Waals surface area contributed by atoms with Crippen LogP contribution in [-0.2, 0) is 14.8 Å². The lowest BCUT2D eigenvalue weighted by Crippen LogP contribution is -2.46. The normalized spacial score (nSPS) is 18.5. The molecule has 1 rings (SSSR count). The van der Waals surface area contributed by atoms with Gasteiger partial charge in [-0.15, -0.1) is 0 Å². The average Bonchev–Trinajstić information content (AvgIpc) is 2.86. The molecule has 0 spiro atoms. The van der Waals surface area contributed by atoms with Crippen LogP contribution in [0.15, 0.2) is 0 Å². The molecule has 0 radical (unpaired) electrons. The van der Waals surface area contributed by atoms with Crippen LogP contribution < -0.4 is 10.0 Å². The highest BCUT2D eigenvalue weighted by Crippen LogP contribution is 2.18. The zero-order chi connectivity index (χ0) is 11.5. The third kappa shape index (κ3) is 4.59. The molecule has 88 valence electrons. The summed E-state index contributed by atoms with van der Waals surface area (Å²) < 4.78 is 24.6. The third-order valence-corrected chi connectivity index (χ3v) is 3.47. The highest BCUT2D eigenvalue weighted by molar-refractivity contribution is 7.89. The van der Waals surface area contributed by atoms with Crippen molar-refractivity contribution < 1.29 is 18.3 Å². The van der Waals surface area contributed by atoms with Gasteiger partial charge in [-0.2, -0.15) is 0 Å². The lowest BCUT2D eigenvalue weighted by Gasteiger charge is -2.13. The summed E-state index contributed by atoms with van der Waals surface area (Å²) in [7, 11) is -3.55. The van der Waals surface area contributed by atoms with Gasteiger partial charge in [0.05, 0.1) is 18.4 Å². The summed E-state index contributed by atoms with van der Waals surface area (Å²) in [5.41, 5.74) is 0. The molecule has 3 N–H and O–H groups in total. The van der Waals surface area contributed by atoms with E-state index in [4.69, 9.17) is 5.11 Å². The maximum atomic E-state index is 11.4. The number of hydrogen-bond donors (Lipinski definition) is 3. The van der Waals surface area contributed by atoms with Crippen LogP contribution in [0.5, 0.6) is 0 Å². The molecular weight excluding hydrogens is 220 g/mol. The minimum atomic E-state index is -3.55. The number of amides is 1. The first-order chi connectivity index (χ1) is 6.94. The first-order valence-corrected chi connectivity index (χ1v) is 6.51. The number of carbonyl (C=O) groups is 1. The second-order valence-electron chi connectivity index (χ2n) is 3.66. The molecule has 1 unspecified atom stereocenters. The van der Waals surface area contributed by atoms with Gasteiger partial charge in [-0.1, -0.05) is 0 Å². The molecule has 0 aliphatic heterocycles. The summed E-state index contributed by atoms with van der Waals surface area (Å²) in [6.07, 6.45) is 1.92. The Kier molecular flexibility index (Phi) is 4.06. The van der Waals surface area contributed by atoms with E-state index in [1.807, 2.05) is 0 Å². The highest BCUT2D eigenvalue weighted by atomic mass is 32.2. The molecular formula is C8H16N2O4S. The van der Waals surface area contributed by atoms with Crippen LogP contribution in [-0.4, -0.2) is 43.9 Å². The van der Waals surface area contributed by atoms with Crippen LogP contribution >= 0.6 is 0 Å². The molecule has 6 nitrogen and oxygen atoms in total. The zero-order valence-corrected chi connectivity index (χ0v) is 9.38. The first-order valence-electron chi connectivity index (χ1n) is 4.86. The second kappa shape index (κ2) is 4.91. The topological polar surface area (TPSA) is 95.5 Å². The van der Waals surface area contributed by atoms with Gasteiger partial charge in [0.1, 0.15) is 0 Å². The number of nitrogens with one attached hydrogen (secondary N) is 2. The number of carbonyl (C=O) groups excluding carboxylic acids is 1. The minimum Gasteiger partial charge on any atom is -0.395 e. The van der Waals surface area contributed by atoms with Crippen molar-refractivity contribution in [2.24, 2.45) is 0 Å². The molecule has 0 saturated heterocycles. The van der Waals surface area contributed by atoms with E-state index in [1.165, 1.54) is 6.92 Å². The van der Waals surface area contributed by atoms with Crippen molar-refractivity contribution in [2.75, 3.05) is 12.4 Å². The van der Waals surface area contributed by atoms with E-state index in [0.717, 1.165) is 12.8 Å². The third-order valence-electron chi connectivity index (χ3n) is 2.03. The number of sulfonamides is 1. The smallest absolute Gasteiger partial charge is 0.238 e. The van der Waals surface area contributed by atoms with Crippen molar-refractivity contribution in [1.29, 1.82) is 0 Å². The Morgan fingerprint density at radius 3 is 2.60 bits per heavy atom. The van der Waals surface area contributed by atoms with Crippen LogP contribution in [0.25, 0.3) is 0 Å². The van der Waals surface area contributed by atoms with Crippen LogP contribution in [0.4, 0.5) is 0 Å². The zero-order valence-electron chi connectivity index (χ0n) is 8.56. The SMILES string of the molecule is CC(NS(=O)(=O)CCO)C(=O)NC1CC1. The van der Waals surface area contributed by atoms with Gasteiger partial charge in [0, 0.05) is 6.04 Å². The van der Waals surface area contributed by atoms with Crippen molar-refractivity contribution in [3.63, 3.8) is 0 Å². The van der Waals surface area contributed by atoms with E-state index in [-0.39, 0.29) is 17.7 Å². The molecule has 1 aliphatic rings. The first kappa shape index (κ1) is 12.4. The molecule has 0 aromatic heterocycles. The summed E-state index contributed by atoms with van der Waals surface area (Å²) in [6, 6.07) is -0.579. The van der Waals surface area contributed by atoms with E-state index in [2.05, 4.69) is 10.0 Å². The van der Waals surface area contributed by atoms with Crippen molar-refractivity contribution in [1.82, 2.24) is 10.0 Å². The number of aliphatic hydroxyl groups excluding tert-OH is 1. The van der Waals surface area contributed by atoms with Crippen LogP contribution in [0.2, 0.25) is 0 Å². The van der Waals surface area contributed by atoms with Crippen molar-refractivity contribution in [3.05, 3.63) is 0 Å². The van der Waals surface area contributed by atoms with Gasteiger partial charge in [0.2, 0.25) is 15.9 Å². The van der Waals surface area contributed by atoms with E-state index in [9.17, 15) is 13.2 Å². The Bertz CT molecular complexity index is 324. The molecule has 1 aliphatic carbocycles. The van der Waals surface area contributed by atoms with Crippen molar-refractivity contribution in [3.8, 4) is 0 Å². The summed E-state index contributed by atoms with van der Waals surface area (Å²) >= 11 is 0. The Morgan fingerprint density at radius 1 is 1.53 bits per heavy atom. The molecule has 1 saturated carbocycles. The molecule has 0 bridgehead atoms. The predicted octanol–water partition coefficient (Wildman–Crippen LogP) is -1.43. The van der Waals surface area contributed by atoms with Gasteiger partial charge >= 0.3 is 0 Å². The maximum absolute atomic E-state index is 11.4. The fourth-order valence-electron chi connectivity index (χ4n) is 1.06. The largest absolute Gasteiger partial charge is 0.395 e. The average molecular weight is 236 g/mol. The van der Waals surface area contributed by atoms with Crippen molar-refractivity contribution in [2.45, 2.75) is 31.8 Å². The predicted molar refractivity (Wildman–Crippen MR) is 54.6 cm³/mol. The summed E-state index contributed by atoms with van der Waals surface area (Å²) in [5.74, 6) is -0.701. The van der Waals surface area contributed by atoms with E-state index in [1.54, 1.807) is 0 Å². The molecule has 0 aromatic carbocycles. The van der Waals surface area contributed by atoms with E-state index >= 15 is 0 Å². The van der Waals surface area contributed by atoms with Gasteiger partial charge in [0.15, 0.2) is 0 Å². The van der Waals surface area contributed by atoms with Gasteiger partial charge in [-0.25, -0.2) is 13.1 Å². The summed E-state index contributed by atoms with van der Waals surface area (Å²) in [4.78, 5) is 11.4. The quantitative estimate of drug-likeness (QED) is 0.526. The number of aliphatic hydroxyl groups is 1. The highest BCUT2D eigenvalue weighted by Gasteiger charge is 2.27. The molecule has 0 heterocycles. The molecule has 1 fully saturated rings. The summed E-state index contributed by atoms with van der Waals surface area (Å²) in [6.45, 7) is 1.03. The van der Waals surface area contributed by atoms with Gasteiger partial charge < -0.3 is 10.4 Å². The molecule has 7 heteroatoms. The molecule has 1 atom stereocenters. The standard InChI is InChI=1S/C8H16N2O4S/c1-6(8(12)9-7-2-3-7)10-15(13,14)5-4-11/h6-7,10-11H,2-5H2,1H3,(H,9,12). The molecule has 0 aromatic rings. The fourth-order valence-corrected chi connectivity index (χ4v) is 2.06. The Balaban J connectivity index is 2.38. The minimum absolute atomic E-state index is 0.210. The van der Waals surface area contributed by atoms with E-state index < -0.39 is 22.7 Å². The van der Waals surface area contributed by atoms with Gasteiger partial charge in [-0.3, -0.25) is 4.79 Å². The molecule has 1 amide bonds. The lowest BCUT2D eigenvalue weighted by molar-refractivity contribution is -0.122. The van der Waals surface area contributed by atoms with Crippen molar-refractivity contribution >= 4 is 15.9 Å². The Hall–Kier alpha value is -0.660. The number of hydrogen-bond acceptors (Lipinski definition) is 4. The van der Waals surface area contributed by atoms with Gasteiger partial charge in [-0.05, 0) is 19.8 Å². The number of rotatable bonds is 6. The maximum Gasteiger partial charge on any atom is 0.238 e. The fraction of sp³-hybridized carbons (Fsp3) is 0.875. The van der Waals surface area contributed by atoms with Crippen LogP contribution in [0, 0.1) is 0 Å². The van der Waals surface area contributed by atoms with E-state index in [0.29, 0.717) is 0 Å². The van der Waals surface area contributed by atoms with Crippen LogP contribution in [0.1, 0.15) is 19.8 Å². The summed E-state index contributed by atoms with van der Waals surface area (Å²) in [5, 5.41) is 11.2. The second-order valence-corrected chi connectivity index (χ2v) is 5.54. The van der Waals surface area contributed by atoms with Gasteiger partial charge in [0.25, 0.3) is 0 Å². The lowest BCUT2D eigenvalue weighted by atomic mass is 10.3. The molecule has 15 heavy (non-hydrogen) atoms. The van der Waals surface area contributed by atoms with Crippen LogP contribution in [0.3, 0.4) is 0 Å². The Labute approximate surface area is 89.1 Å².